The molecule has 6 heteroatoms. The topological polar surface area (TPSA) is 57.9 Å². The van der Waals surface area contributed by atoms with Gasteiger partial charge in [-0.3, -0.25) is 0 Å². The third-order valence-corrected chi connectivity index (χ3v) is 5.68. The van der Waals surface area contributed by atoms with Crippen molar-refractivity contribution in [2.24, 2.45) is 0 Å². The number of rotatable bonds is 3. The molecule has 0 spiro atoms. The Morgan fingerprint density at radius 3 is 2.27 bits per heavy atom. The van der Waals surface area contributed by atoms with Crippen LogP contribution in [0.3, 0.4) is 0 Å². The van der Waals surface area contributed by atoms with Crippen molar-refractivity contribution in [1.82, 2.24) is 0 Å². The molecule has 0 bridgehead atoms. The Balaban J connectivity index is 2.71. The van der Waals surface area contributed by atoms with E-state index in [1.807, 2.05) is 0 Å². The van der Waals surface area contributed by atoms with Crippen LogP contribution in [0.5, 0.6) is 0 Å². The van der Waals surface area contributed by atoms with E-state index in [2.05, 4.69) is 0 Å². The maximum absolute atomic E-state index is 11.8. The Morgan fingerprint density at radius 2 is 1.80 bits per heavy atom. The van der Waals surface area contributed by atoms with Crippen molar-refractivity contribution in [2.45, 2.75) is 41.7 Å². The van der Waals surface area contributed by atoms with Crippen molar-refractivity contribution in [1.29, 1.82) is 5.26 Å². The fourth-order valence-corrected chi connectivity index (χ4v) is 4.60. The van der Waals surface area contributed by atoms with Crippen LogP contribution in [0.25, 0.3) is 0 Å². The second kappa shape index (κ2) is 4.90. The van der Waals surface area contributed by atoms with Gasteiger partial charge in [0.25, 0.3) is 0 Å². The van der Waals surface area contributed by atoms with Gasteiger partial charge in [-0.25, -0.2) is 8.42 Å². The van der Waals surface area contributed by atoms with Crippen LogP contribution in [0, 0.1) is 11.3 Å². The summed E-state index contributed by atoms with van der Waals surface area (Å²) in [4.78, 5) is 0. The van der Waals surface area contributed by atoms with E-state index in [1.54, 1.807) is 6.07 Å². The van der Waals surface area contributed by atoms with Gasteiger partial charge in [0.1, 0.15) is 6.07 Å². The summed E-state index contributed by atoms with van der Waals surface area (Å²) in [6, 6.07) is 1.59. The molecule has 0 aromatic carbocycles. The van der Waals surface area contributed by atoms with Crippen molar-refractivity contribution in [3.05, 3.63) is 0 Å². The Bertz CT molecular complexity index is 353. The van der Waals surface area contributed by atoms with Crippen LogP contribution >= 0.6 is 23.2 Å². The summed E-state index contributed by atoms with van der Waals surface area (Å²) in [5.41, 5.74) is 0. The van der Waals surface area contributed by atoms with Crippen molar-refractivity contribution in [3.63, 3.8) is 0 Å². The summed E-state index contributed by atoms with van der Waals surface area (Å²) < 4.78 is 21.9. The van der Waals surface area contributed by atoms with E-state index in [4.69, 9.17) is 28.5 Å². The largest absolute Gasteiger partial charge is 0.228 e. The second-order valence-corrected chi connectivity index (χ2v) is 7.65. The third kappa shape index (κ3) is 3.82. The van der Waals surface area contributed by atoms with Crippen LogP contribution in [0.2, 0.25) is 0 Å². The lowest BCUT2D eigenvalue weighted by Gasteiger charge is -2.23. The summed E-state index contributed by atoms with van der Waals surface area (Å²) in [6.45, 7) is 0. The monoisotopic (exact) mass is 269 g/mol. The van der Waals surface area contributed by atoms with E-state index >= 15 is 0 Å². The van der Waals surface area contributed by atoms with E-state index in [0.29, 0.717) is 12.8 Å². The van der Waals surface area contributed by atoms with Gasteiger partial charge >= 0.3 is 0 Å². The summed E-state index contributed by atoms with van der Waals surface area (Å²) in [5, 5.41) is 8.21. The molecule has 1 fully saturated rings. The normalized spacial score (nSPS) is 19.8. The smallest absolute Gasteiger partial charge is 0.217 e. The predicted octanol–water partition coefficient (Wildman–Crippen LogP) is 2.43. The maximum Gasteiger partial charge on any atom is 0.217 e. The fourth-order valence-electron chi connectivity index (χ4n) is 1.83. The number of hydrogen-bond donors (Lipinski definition) is 0. The number of hydrogen-bond acceptors (Lipinski definition) is 3. The molecule has 0 atom stereocenters. The second-order valence-electron chi connectivity index (χ2n) is 3.88. The van der Waals surface area contributed by atoms with Crippen LogP contribution in [0.15, 0.2) is 0 Å². The Morgan fingerprint density at radius 1 is 1.27 bits per heavy atom. The first-order chi connectivity index (χ1) is 6.87. The van der Waals surface area contributed by atoms with E-state index in [0.717, 1.165) is 19.3 Å². The average Bonchev–Trinajstić information content (AvgIpc) is 2.18. The van der Waals surface area contributed by atoms with Gasteiger partial charge in [-0.2, -0.15) is 5.26 Å². The molecule has 1 saturated carbocycles. The standard InChI is InChI=1S/C9H13Cl2NO2S/c10-9(11,6-12)7-15(13,14)8-4-2-1-3-5-8/h8H,1-5,7H2. The van der Waals surface area contributed by atoms with Gasteiger partial charge in [-0.15, -0.1) is 0 Å². The summed E-state index contributed by atoms with van der Waals surface area (Å²) in [7, 11) is -3.34. The zero-order valence-corrected chi connectivity index (χ0v) is 10.6. The molecule has 0 heterocycles. The Hall–Kier alpha value is 0.0200. The zero-order valence-electron chi connectivity index (χ0n) is 8.25. The first-order valence-corrected chi connectivity index (χ1v) is 7.35. The fraction of sp³-hybridized carbons (Fsp3) is 0.889. The molecule has 0 unspecified atom stereocenters. The lowest BCUT2D eigenvalue weighted by Crippen LogP contribution is -2.33. The molecule has 0 aromatic rings. The molecule has 15 heavy (non-hydrogen) atoms. The van der Waals surface area contributed by atoms with Crippen LogP contribution in [0.4, 0.5) is 0 Å². The van der Waals surface area contributed by atoms with Crippen LogP contribution < -0.4 is 0 Å². The highest BCUT2D eigenvalue weighted by atomic mass is 35.5. The maximum atomic E-state index is 11.8. The van der Waals surface area contributed by atoms with Crippen LogP contribution in [-0.2, 0) is 9.84 Å². The van der Waals surface area contributed by atoms with Crippen molar-refractivity contribution < 1.29 is 8.42 Å². The number of nitriles is 1. The molecular weight excluding hydrogens is 257 g/mol. The molecule has 0 saturated heterocycles. The zero-order chi connectivity index (χ0) is 11.5. The quantitative estimate of drug-likeness (QED) is 0.740. The van der Waals surface area contributed by atoms with Gasteiger partial charge in [0.15, 0.2) is 9.84 Å². The minimum absolute atomic E-state index is 0.364. The number of nitrogens with zero attached hydrogens (tertiary/aromatic N) is 1. The minimum Gasteiger partial charge on any atom is -0.228 e. The highest BCUT2D eigenvalue weighted by Crippen LogP contribution is 2.29. The Labute approximate surface area is 100 Å². The van der Waals surface area contributed by atoms with Crippen molar-refractivity contribution >= 4 is 33.0 Å². The molecule has 1 rings (SSSR count). The molecule has 1 aliphatic carbocycles. The van der Waals surface area contributed by atoms with Crippen LogP contribution in [0.1, 0.15) is 32.1 Å². The molecular formula is C9H13Cl2NO2S. The van der Waals surface area contributed by atoms with E-state index in [9.17, 15) is 8.42 Å². The van der Waals surface area contributed by atoms with Gasteiger partial charge in [-0.05, 0) is 12.8 Å². The predicted molar refractivity (Wildman–Crippen MR) is 60.7 cm³/mol. The summed E-state index contributed by atoms with van der Waals surface area (Å²) >= 11 is 11.1. The molecule has 3 nitrogen and oxygen atoms in total. The first-order valence-electron chi connectivity index (χ1n) is 4.88. The van der Waals surface area contributed by atoms with E-state index < -0.39 is 19.9 Å². The molecule has 0 N–H and O–H groups in total. The first kappa shape index (κ1) is 13.1. The summed E-state index contributed by atoms with van der Waals surface area (Å²) in [6.07, 6.45) is 4.26. The third-order valence-electron chi connectivity index (χ3n) is 2.61. The molecule has 86 valence electrons. The lowest BCUT2D eigenvalue weighted by molar-refractivity contribution is 0.483. The van der Waals surface area contributed by atoms with Gasteiger partial charge < -0.3 is 0 Å². The molecule has 1 aliphatic rings. The molecule has 0 radical (unpaired) electrons. The van der Waals surface area contributed by atoms with Crippen molar-refractivity contribution in [2.75, 3.05) is 5.75 Å². The number of halogens is 2. The Kier molecular flexibility index (Phi) is 4.28. The molecule has 0 amide bonds. The number of sulfone groups is 1. The van der Waals surface area contributed by atoms with Gasteiger partial charge in [0.2, 0.25) is 4.33 Å². The SMILES string of the molecule is N#CC(Cl)(Cl)CS(=O)(=O)C1CCCCC1. The van der Waals surface area contributed by atoms with Gasteiger partial charge in [-0.1, -0.05) is 42.5 Å². The average molecular weight is 270 g/mol. The lowest BCUT2D eigenvalue weighted by atomic mass is 10.0. The van der Waals surface area contributed by atoms with E-state index in [1.165, 1.54) is 0 Å². The number of alkyl halides is 2. The van der Waals surface area contributed by atoms with E-state index in [-0.39, 0.29) is 5.25 Å². The molecule has 0 aromatic heterocycles. The minimum atomic E-state index is -3.34. The van der Waals surface area contributed by atoms with Crippen LogP contribution in [-0.4, -0.2) is 23.8 Å². The molecule has 0 aliphatic heterocycles. The van der Waals surface area contributed by atoms with Gasteiger partial charge in [0.05, 0.1) is 11.0 Å². The highest BCUT2D eigenvalue weighted by Gasteiger charge is 2.36. The van der Waals surface area contributed by atoms with Gasteiger partial charge in [0, 0.05) is 0 Å². The highest BCUT2D eigenvalue weighted by molar-refractivity contribution is 7.92. The summed E-state index contributed by atoms with van der Waals surface area (Å²) in [5.74, 6) is -0.468. The van der Waals surface area contributed by atoms with Crippen molar-refractivity contribution in [3.8, 4) is 6.07 Å².